The highest BCUT2D eigenvalue weighted by molar-refractivity contribution is 5.72. The molecule has 0 aromatic rings. The fraction of sp³-hybridized carbons (Fsp3) is 0.909. The lowest BCUT2D eigenvalue weighted by atomic mass is 9.83. The van der Waals surface area contributed by atoms with Crippen LogP contribution in [0, 0.1) is 0 Å². The van der Waals surface area contributed by atoms with E-state index in [9.17, 15) is 4.79 Å². The molecular weight excluding hydrogens is 176 g/mol. The van der Waals surface area contributed by atoms with Crippen molar-refractivity contribution in [3.05, 3.63) is 0 Å². The zero-order chi connectivity index (χ0) is 10.4. The number of nitrogens with one attached hydrogen (secondary N) is 2. The molecule has 1 amide bonds. The highest BCUT2D eigenvalue weighted by Crippen LogP contribution is 2.26. The maximum absolute atomic E-state index is 10.6. The predicted molar refractivity (Wildman–Crippen MR) is 58.2 cm³/mol. The summed E-state index contributed by atoms with van der Waals surface area (Å²) in [7, 11) is 0. The van der Waals surface area contributed by atoms with E-state index >= 15 is 0 Å². The fourth-order valence-electron chi connectivity index (χ4n) is 2.11. The molecule has 3 heteroatoms. The van der Waals surface area contributed by atoms with Crippen LogP contribution in [0.15, 0.2) is 0 Å². The van der Waals surface area contributed by atoms with E-state index in [2.05, 4.69) is 17.6 Å². The van der Waals surface area contributed by atoms with Gasteiger partial charge in [-0.05, 0) is 19.8 Å². The topological polar surface area (TPSA) is 41.1 Å². The second-order valence-electron chi connectivity index (χ2n) is 4.53. The molecule has 1 fully saturated rings. The van der Waals surface area contributed by atoms with Crippen LogP contribution in [-0.2, 0) is 4.79 Å². The molecule has 1 saturated carbocycles. The van der Waals surface area contributed by atoms with Crippen LogP contribution in [-0.4, -0.2) is 24.5 Å². The Morgan fingerprint density at radius 1 is 1.21 bits per heavy atom. The van der Waals surface area contributed by atoms with Gasteiger partial charge in [0, 0.05) is 25.6 Å². The van der Waals surface area contributed by atoms with E-state index in [1.807, 2.05) is 0 Å². The van der Waals surface area contributed by atoms with Gasteiger partial charge in [-0.15, -0.1) is 0 Å². The van der Waals surface area contributed by atoms with Gasteiger partial charge in [0.2, 0.25) is 5.91 Å². The lowest BCUT2D eigenvalue weighted by molar-refractivity contribution is -0.118. The summed E-state index contributed by atoms with van der Waals surface area (Å²) < 4.78 is 0. The molecule has 0 bridgehead atoms. The summed E-state index contributed by atoms with van der Waals surface area (Å²) in [5.74, 6) is 0.0561. The molecule has 0 radical (unpaired) electrons. The predicted octanol–water partition coefficient (Wildman–Crippen LogP) is 1.43. The number of amides is 1. The average Bonchev–Trinajstić information content (AvgIpc) is 2.14. The molecule has 0 unspecified atom stereocenters. The third-order valence-corrected chi connectivity index (χ3v) is 3.01. The van der Waals surface area contributed by atoms with Crippen molar-refractivity contribution in [3.8, 4) is 0 Å². The number of carbonyl (C=O) groups excluding carboxylic acids is 1. The SMILES string of the molecule is CC(=O)NCCNC1(C)CCCCC1. The van der Waals surface area contributed by atoms with E-state index in [-0.39, 0.29) is 5.91 Å². The first-order chi connectivity index (χ1) is 6.62. The third kappa shape index (κ3) is 4.09. The van der Waals surface area contributed by atoms with Crippen LogP contribution in [0.4, 0.5) is 0 Å². The molecule has 14 heavy (non-hydrogen) atoms. The molecule has 0 aromatic carbocycles. The van der Waals surface area contributed by atoms with E-state index in [0.29, 0.717) is 5.54 Å². The number of carbonyl (C=O) groups is 1. The smallest absolute Gasteiger partial charge is 0.216 e. The first-order valence-electron chi connectivity index (χ1n) is 5.62. The Morgan fingerprint density at radius 2 is 1.86 bits per heavy atom. The van der Waals surface area contributed by atoms with Crippen molar-refractivity contribution in [1.29, 1.82) is 0 Å². The normalized spacial score (nSPS) is 20.4. The lowest BCUT2D eigenvalue weighted by Gasteiger charge is -2.34. The van der Waals surface area contributed by atoms with Gasteiger partial charge in [0.05, 0.1) is 0 Å². The molecule has 1 aliphatic carbocycles. The van der Waals surface area contributed by atoms with Crippen molar-refractivity contribution in [1.82, 2.24) is 10.6 Å². The molecule has 0 heterocycles. The number of hydrogen-bond acceptors (Lipinski definition) is 2. The molecule has 1 rings (SSSR count). The van der Waals surface area contributed by atoms with E-state index in [4.69, 9.17) is 0 Å². The second kappa shape index (κ2) is 5.35. The standard InChI is InChI=1S/C11H22N2O/c1-10(14)12-8-9-13-11(2)6-4-3-5-7-11/h13H,3-9H2,1-2H3,(H,12,14). The molecular formula is C11H22N2O. The highest BCUT2D eigenvalue weighted by atomic mass is 16.1. The maximum Gasteiger partial charge on any atom is 0.216 e. The zero-order valence-electron chi connectivity index (χ0n) is 9.36. The number of rotatable bonds is 4. The monoisotopic (exact) mass is 198 g/mol. The molecule has 0 saturated heterocycles. The molecule has 0 aromatic heterocycles. The summed E-state index contributed by atoms with van der Waals surface area (Å²) >= 11 is 0. The Bertz CT molecular complexity index is 186. The highest BCUT2D eigenvalue weighted by Gasteiger charge is 2.25. The molecule has 1 aliphatic rings. The van der Waals surface area contributed by atoms with Crippen molar-refractivity contribution in [3.63, 3.8) is 0 Å². The van der Waals surface area contributed by atoms with Gasteiger partial charge in [-0.25, -0.2) is 0 Å². The molecule has 82 valence electrons. The first-order valence-corrected chi connectivity index (χ1v) is 5.62. The summed E-state index contributed by atoms with van der Waals surface area (Å²) in [5, 5.41) is 6.34. The van der Waals surface area contributed by atoms with Crippen LogP contribution in [0.5, 0.6) is 0 Å². The summed E-state index contributed by atoms with van der Waals surface area (Å²) in [6, 6.07) is 0. The summed E-state index contributed by atoms with van der Waals surface area (Å²) in [4.78, 5) is 10.6. The molecule has 0 aliphatic heterocycles. The van der Waals surface area contributed by atoms with Gasteiger partial charge < -0.3 is 10.6 Å². The minimum Gasteiger partial charge on any atom is -0.355 e. The Labute approximate surface area is 86.6 Å². The van der Waals surface area contributed by atoms with Crippen LogP contribution in [0.1, 0.15) is 46.0 Å². The van der Waals surface area contributed by atoms with Gasteiger partial charge in [-0.1, -0.05) is 19.3 Å². The average molecular weight is 198 g/mol. The van der Waals surface area contributed by atoms with Gasteiger partial charge in [0.1, 0.15) is 0 Å². The van der Waals surface area contributed by atoms with Crippen LogP contribution < -0.4 is 10.6 Å². The second-order valence-corrected chi connectivity index (χ2v) is 4.53. The van der Waals surface area contributed by atoms with E-state index in [0.717, 1.165) is 13.1 Å². The van der Waals surface area contributed by atoms with Crippen molar-refractivity contribution in [2.75, 3.05) is 13.1 Å². The van der Waals surface area contributed by atoms with Gasteiger partial charge in [-0.2, -0.15) is 0 Å². The van der Waals surface area contributed by atoms with Crippen LogP contribution in [0.25, 0.3) is 0 Å². The quantitative estimate of drug-likeness (QED) is 0.671. The van der Waals surface area contributed by atoms with E-state index in [1.165, 1.54) is 32.1 Å². The Kier molecular flexibility index (Phi) is 4.39. The van der Waals surface area contributed by atoms with Crippen LogP contribution in [0.2, 0.25) is 0 Å². The van der Waals surface area contributed by atoms with E-state index < -0.39 is 0 Å². The van der Waals surface area contributed by atoms with Crippen molar-refractivity contribution in [2.24, 2.45) is 0 Å². The van der Waals surface area contributed by atoms with Crippen molar-refractivity contribution >= 4 is 5.91 Å². The molecule has 0 atom stereocenters. The molecule has 0 spiro atoms. The van der Waals surface area contributed by atoms with Crippen molar-refractivity contribution in [2.45, 2.75) is 51.5 Å². The van der Waals surface area contributed by atoms with Crippen LogP contribution in [0.3, 0.4) is 0 Å². The van der Waals surface area contributed by atoms with Gasteiger partial charge in [0.15, 0.2) is 0 Å². The first kappa shape index (κ1) is 11.5. The minimum atomic E-state index is 0.0561. The van der Waals surface area contributed by atoms with Crippen LogP contribution >= 0.6 is 0 Å². The largest absolute Gasteiger partial charge is 0.355 e. The minimum absolute atomic E-state index is 0.0561. The van der Waals surface area contributed by atoms with Gasteiger partial charge >= 0.3 is 0 Å². The Hall–Kier alpha value is -0.570. The third-order valence-electron chi connectivity index (χ3n) is 3.01. The summed E-state index contributed by atoms with van der Waals surface area (Å²) in [6.07, 6.45) is 6.59. The Morgan fingerprint density at radius 3 is 2.43 bits per heavy atom. The van der Waals surface area contributed by atoms with Gasteiger partial charge in [0.25, 0.3) is 0 Å². The van der Waals surface area contributed by atoms with Crippen molar-refractivity contribution < 1.29 is 4.79 Å². The zero-order valence-corrected chi connectivity index (χ0v) is 9.36. The maximum atomic E-state index is 10.6. The van der Waals surface area contributed by atoms with Gasteiger partial charge in [-0.3, -0.25) is 4.79 Å². The van der Waals surface area contributed by atoms with E-state index in [1.54, 1.807) is 6.92 Å². The molecule has 3 nitrogen and oxygen atoms in total. The number of hydrogen-bond donors (Lipinski definition) is 2. The summed E-state index contributed by atoms with van der Waals surface area (Å²) in [6.45, 7) is 5.48. The fourth-order valence-corrected chi connectivity index (χ4v) is 2.11. The molecule has 2 N–H and O–H groups in total. The Balaban J connectivity index is 2.12. The lowest BCUT2D eigenvalue weighted by Crippen LogP contribution is -2.46. The summed E-state index contributed by atoms with van der Waals surface area (Å²) in [5.41, 5.74) is 0.316.